The number of aliphatic hydroxyl groups excluding tert-OH is 1. The van der Waals surface area contributed by atoms with E-state index in [2.05, 4.69) is 0 Å². The highest BCUT2D eigenvalue weighted by Gasteiger charge is 2.39. The van der Waals surface area contributed by atoms with Crippen LogP contribution in [0.5, 0.6) is 0 Å². The summed E-state index contributed by atoms with van der Waals surface area (Å²) in [4.78, 5) is 0. The average Bonchev–Trinajstić information content (AvgIpc) is 2.10. The quantitative estimate of drug-likeness (QED) is 0.783. The molecule has 0 aliphatic rings. The van der Waals surface area contributed by atoms with E-state index in [1.807, 2.05) is 20.1 Å². The molecule has 1 nitrogen and oxygen atoms in total. The Balaban J connectivity index is 4.18. The maximum atomic E-state index is 12.1. The molecule has 0 bridgehead atoms. The Kier molecular flexibility index (Phi) is 5.90. The second-order valence-corrected chi connectivity index (χ2v) is 4.62. The van der Waals surface area contributed by atoms with E-state index in [0.29, 0.717) is 6.42 Å². The molecule has 0 aromatic carbocycles. The molecule has 0 radical (unpaired) electrons. The van der Waals surface area contributed by atoms with Gasteiger partial charge < -0.3 is 5.11 Å². The molecule has 0 heterocycles. The van der Waals surface area contributed by atoms with Gasteiger partial charge in [-0.15, -0.1) is 0 Å². The molecule has 0 aromatic heterocycles. The van der Waals surface area contributed by atoms with Crippen molar-refractivity contribution in [3.05, 3.63) is 0 Å². The van der Waals surface area contributed by atoms with E-state index in [-0.39, 0.29) is 17.6 Å². The van der Waals surface area contributed by atoms with E-state index in [4.69, 9.17) is 5.11 Å². The van der Waals surface area contributed by atoms with Crippen molar-refractivity contribution in [2.24, 2.45) is 5.92 Å². The Bertz CT molecular complexity index is 161. The van der Waals surface area contributed by atoms with Crippen LogP contribution in [0.4, 0.5) is 13.2 Å². The van der Waals surface area contributed by atoms with Crippen LogP contribution in [0.15, 0.2) is 0 Å². The van der Waals surface area contributed by atoms with Crippen LogP contribution < -0.4 is 0 Å². The van der Waals surface area contributed by atoms with Gasteiger partial charge in [-0.1, -0.05) is 20.3 Å². The van der Waals surface area contributed by atoms with Crippen LogP contribution in [0.1, 0.15) is 26.7 Å². The summed E-state index contributed by atoms with van der Waals surface area (Å²) in [5, 5.41) is 9.05. The molecule has 0 amide bonds. The lowest BCUT2D eigenvalue weighted by Crippen LogP contribution is -2.32. The molecule has 3 atom stereocenters. The molecule has 0 aromatic rings. The van der Waals surface area contributed by atoms with Gasteiger partial charge in [-0.2, -0.15) is 24.9 Å². The fourth-order valence-electron chi connectivity index (χ4n) is 1.30. The lowest BCUT2D eigenvalue weighted by Gasteiger charge is -2.24. The van der Waals surface area contributed by atoms with Crippen LogP contribution in [-0.4, -0.2) is 28.9 Å². The summed E-state index contributed by atoms with van der Waals surface area (Å²) in [7, 11) is 0. The SMILES string of the molecule is CCC(CC(O)C(F)(F)F)C(C)SC. The molecular formula is C9H17F3OS. The van der Waals surface area contributed by atoms with Crippen molar-refractivity contribution in [1.82, 2.24) is 0 Å². The van der Waals surface area contributed by atoms with Gasteiger partial charge in [0.2, 0.25) is 0 Å². The summed E-state index contributed by atoms with van der Waals surface area (Å²) < 4.78 is 36.2. The molecule has 0 fully saturated rings. The maximum Gasteiger partial charge on any atom is 0.414 e. The normalized spacial score (nSPS) is 19.1. The topological polar surface area (TPSA) is 20.2 Å². The number of thioether (sulfide) groups is 1. The molecule has 0 saturated heterocycles. The average molecular weight is 230 g/mol. The third-order valence-electron chi connectivity index (χ3n) is 2.46. The van der Waals surface area contributed by atoms with Gasteiger partial charge in [0, 0.05) is 5.25 Å². The summed E-state index contributed by atoms with van der Waals surface area (Å²) in [5.74, 6) is -0.0818. The lowest BCUT2D eigenvalue weighted by atomic mass is 9.95. The monoisotopic (exact) mass is 230 g/mol. The van der Waals surface area contributed by atoms with Crippen LogP contribution in [0.25, 0.3) is 0 Å². The Morgan fingerprint density at radius 1 is 1.36 bits per heavy atom. The largest absolute Gasteiger partial charge is 0.414 e. The predicted molar refractivity (Wildman–Crippen MR) is 53.4 cm³/mol. The van der Waals surface area contributed by atoms with Gasteiger partial charge in [-0.3, -0.25) is 0 Å². The van der Waals surface area contributed by atoms with E-state index in [1.165, 1.54) is 11.8 Å². The van der Waals surface area contributed by atoms with Gasteiger partial charge in [-0.25, -0.2) is 0 Å². The second kappa shape index (κ2) is 5.85. The van der Waals surface area contributed by atoms with Crippen LogP contribution in [0, 0.1) is 5.92 Å². The lowest BCUT2D eigenvalue weighted by molar-refractivity contribution is -0.208. The van der Waals surface area contributed by atoms with Crippen molar-refractivity contribution in [2.75, 3.05) is 6.26 Å². The van der Waals surface area contributed by atoms with Crippen molar-refractivity contribution in [2.45, 2.75) is 44.2 Å². The Hall–Kier alpha value is 0.100. The van der Waals surface area contributed by atoms with E-state index in [1.54, 1.807) is 0 Å². The van der Waals surface area contributed by atoms with Gasteiger partial charge in [0.15, 0.2) is 0 Å². The molecule has 86 valence electrons. The van der Waals surface area contributed by atoms with Crippen molar-refractivity contribution < 1.29 is 18.3 Å². The highest BCUT2D eigenvalue weighted by Crippen LogP contribution is 2.30. The number of alkyl halides is 3. The molecule has 0 aliphatic heterocycles. The van der Waals surface area contributed by atoms with Crippen LogP contribution in [0.2, 0.25) is 0 Å². The summed E-state index contributed by atoms with van der Waals surface area (Å²) in [5.41, 5.74) is 0. The highest BCUT2D eigenvalue weighted by molar-refractivity contribution is 7.99. The number of aliphatic hydroxyl groups is 1. The molecule has 3 unspecified atom stereocenters. The smallest absolute Gasteiger partial charge is 0.384 e. The number of rotatable bonds is 5. The molecule has 0 aliphatic carbocycles. The molecular weight excluding hydrogens is 213 g/mol. The van der Waals surface area contributed by atoms with Crippen molar-refractivity contribution in [3.8, 4) is 0 Å². The highest BCUT2D eigenvalue weighted by atomic mass is 32.2. The number of hydrogen-bond acceptors (Lipinski definition) is 2. The zero-order valence-electron chi connectivity index (χ0n) is 8.64. The molecule has 5 heteroatoms. The Morgan fingerprint density at radius 3 is 2.14 bits per heavy atom. The molecule has 0 saturated carbocycles. The standard InChI is InChI=1S/C9H17F3OS/c1-4-7(6(2)14-3)5-8(13)9(10,11)12/h6-8,13H,4-5H2,1-3H3. The first kappa shape index (κ1) is 14.1. The first-order valence-corrected chi connectivity index (χ1v) is 5.89. The zero-order chi connectivity index (χ0) is 11.4. The van der Waals surface area contributed by atoms with Gasteiger partial charge in [0.1, 0.15) is 6.10 Å². The first-order chi connectivity index (χ1) is 6.32. The maximum absolute atomic E-state index is 12.1. The Morgan fingerprint density at radius 2 is 1.86 bits per heavy atom. The number of hydrogen-bond donors (Lipinski definition) is 1. The molecule has 14 heavy (non-hydrogen) atoms. The van der Waals surface area contributed by atoms with Crippen LogP contribution in [0.3, 0.4) is 0 Å². The predicted octanol–water partition coefficient (Wildman–Crippen LogP) is 3.08. The van der Waals surface area contributed by atoms with Crippen LogP contribution in [-0.2, 0) is 0 Å². The summed E-state index contributed by atoms with van der Waals surface area (Å²) in [6.45, 7) is 3.74. The van der Waals surface area contributed by atoms with Crippen molar-refractivity contribution >= 4 is 11.8 Å². The van der Waals surface area contributed by atoms with Crippen molar-refractivity contribution in [3.63, 3.8) is 0 Å². The third-order valence-corrected chi connectivity index (χ3v) is 3.59. The van der Waals surface area contributed by atoms with E-state index in [0.717, 1.165) is 0 Å². The number of halogens is 3. The fraction of sp³-hybridized carbons (Fsp3) is 1.00. The van der Waals surface area contributed by atoms with Gasteiger partial charge in [-0.05, 0) is 18.6 Å². The molecule has 1 N–H and O–H groups in total. The van der Waals surface area contributed by atoms with Crippen molar-refractivity contribution in [1.29, 1.82) is 0 Å². The summed E-state index contributed by atoms with van der Waals surface area (Å²) >= 11 is 1.53. The van der Waals surface area contributed by atoms with Gasteiger partial charge in [0.25, 0.3) is 0 Å². The zero-order valence-corrected chi connectivity index (χ0v) is 9.45. The summed E-state index contributed by atoms with van der Waals surface area (Å²) in [6.07, 6.45) is -4.32. The fourth-order valence-corrected chi connectivity index (χ4v) is 1.99. The third kappa shape index (κ3) is 4.55. The van der Waals surface area contributed by atoms with Gasteiger partial charge in [0.05, 0.1) is 0 Å². The minimum atomic E-state index is -4.48. The minimum absolute atomic E-state index is 0.0818. The van der Waals surface area contributed by atoms with Gasteiger partial charge >= 0.3 is 6.18 Å². The second-order valence-electron chi connectivity index (χ2n) is 3.40. The van der Waals surface area contributed by atoms with E-state index >= 15 is 0 Å². The Labute approximate surface area is 87.1 Å². The summed E-state index contributed by atoms with van der Waals surface area (Å²) in [6, 6.07) is 0. The molecule has 0 rings (SSSR count). The minimum Gasteiger partial charge on any atom is -0.384 e. The first-order valence-electron chi connectivity index (χ1n) is 4.60. The molecule has 0 spiro atoms. The van der Waals surface area contributed by atoms with E-state index < -0.39 is 12.3 Å². The van der Waals surface area contributed by atoms with Crippen LogP contribution >= 0.6 is 11.8 Å². The van der Waals surface area contributed by atoms with E-state index in [9.17, 15) is 13.2 Å².